The van der Waals surface area contributed by atoms with Gasteiger partial charge in [0.15, 0.2) is 0 Å². The van der Waals surface area contributed by atoms with E-state index in [1.54, 1.807) is 0 Å². The summed E-state index contributed by atoms with van der Waals surface area (Å²) >= 11 is 0. The summed E-state index contributed by atoms with van der Waals surface area (Å²) in [5, 5.41) is 4.42. The first-order valence-electron chi connectivity index (χ1n) is 11.6. The van der Waals surface area contributed by atoms with Gasteiger partial charge in [-0.3, -0.25) is 9.58 Å². The normalized spacial score (nSPS) is 21.3. The number of benzene rings is 2. The fraction of sp³-hybridized carbons (Fsp3) is 0.333. The number of aromatic nitrogens is 2. The second-order valence-electron chi connectivity index (χ2n) is 8.99. The fourth-order valence-electron chi connectivity index (χ4n) is 5.70. The number of aryl methyl sites for hydroxylation is 1. The van der Waals surface area contributed by atoms with Crippen LogP contribution in [-0.2, 0) is 11.3 Å². The van der Waals surface area contributed by atoms with Crippen molar-refractivity contribution in [2.24, 2.45) is 0 Å². The Hall–Kier alpha value is -3.34. The maximum atomic E-state index is 13.2. The zero-order chi connectivity index (χ0) is 21.7. The first-order chi connectivity index (χ1) is 15.7. The summed E-state index contributed by atoms with van der Waals surface area (Å²) in [6, 6.07) is 17.2. The maximum absolute atomic E-state index is 13.2. The number of rotatable bonds is 4. The van der Waals surface area contributed by atoms with Crippen molar-refractivity contribution in [2.45, 2.75) is 50.7 Å². The Morgan fingerprint density at radius 3 is 2.44 bits per heavy atom. The highest BCUT2D eigenvalue weighted by molar-refractivity contribution is 5.79. The summed E-state index contributed by atoms with van der Waals surface area (Å²) < 4.78 is 7.92. The van der Waals surface area contributed by atoms with Crippen LogP contribution in [0.15, 0.2) is 67.0 Å². The molecule has 0 saturated carbocycles. The van der Waals surface area contributed by atoms with Crippen molar-refractivity contribution in [3.8, 4) is 11.1 Å². The van der Waals surface area contributed by atoms with Crippen LogP contribution >= 0.6 is 0 Å². The van der Waals surface area contributed by atoms with Gasteiger partial charge in [-0.1, -0.05) is 54.6 Å². The third kappa shape index (κ3) is 3.07. The van der Waals surface area contributed by atoms with Crippen molar-refractivity contribution in [3.05, 3.63) is 83.7 Å². The molecule has 2 aromatic carbocycles. The highest BCUT2D eigenvalue weighted by atomic mass is 16.6. The SMILES string of the molecule is CCn1cc(C2=CC3CCC(C2)N3C(=O)OCC2c3ccccc3-c3ccccc32)cn1. The summed E-state index contributed by atoms with van der Waals surface area (Å²) in [5.41, 5.74) is 7.48. The largest absolute Gasteiger partial charge is 0.448 e. The van der Waals surface area contributed by atoms with E-state index in [2.05, 4.69) is 72.8 Å². The Morgan fingerprint density at radius 1 is 1.06 bits per heavy atom. The zero-order valence-electron chi connectivity index (χ0n) is 18.3. The van der Waals surface area contributed by atoms with Gasteiger partial charge in [-0.2, -0.15) is 5.10 Å². The molecule has 2 aliphatic heterocycles. The van der Waals surface area contributed by atoms with E-state index in [-0.39, 0.29) is 24.1 Å². The molecule has 0 N–H and O–H groups in total. The summed E-state index contributed by atoms with van der Waals surface area (Å²) in [6.45, 7) is 3.34. The predicted molar refractivity (Wildman–Crippen MR) is 124 cm³/mol. The van der Waals surface area contributed by atoms with Crippen molar-refractivity contribution in [2.75, 3.05) is 6.61 Å². The lowest BCUT2D eigenvalue weighted by atomic mass is 9.97. The molecule has 1 aliphatic carbocycles. The quantitative estimate of drug-likeness (QED) is 0.557. The van der Waals surface area contributed by atoms with Gasteiger partial charge in [-0.15, -0.1) is 0 Å². The van der Waals surface area contributed by atoms with E-state index in [1.807, 2.05) is 15.8 Å². The van der Waals surface area contributed by atoms with Gasteiger partial charge in [0.2, 0.25) is 0 Å². The topological polar surface area (TPSA) is 47.4 Å². The van der Waals surface area contributed by atoms with Gasteiger partial charge in [-0.05, 0) is 54.0 Å². The first kappa shape index (κ1) is 19.4. The second kappa shape index (κ2) is 7.66. The molecule has 32 heavy (non-hydrogen) atoms. The smallest absolute Gasteiger partial charge is 0.410 e. The molecule has 2 bridgehead atoms. The molecule has 5 heteroatoms. The van der Waals surface area contributed by atoms with Crippen molar-refractivity contribution in [1.82, 2.24) is 14.7 Å². The van der Waals surface area contributed by atoms with E-state index >= 15 is 0 Å². The summed E-state index contributed by atoms with van der Waals surface area (Å²) in [7, 11) is 0. The van der Waals surface area contributed by atoms with Crippen molar-refractivity contribution in [3.63, 3.8) is 0 Å². The third-order valence-electron chi connectivity index (χ3n) is 7.27. The second-order valence-corrected chi connectivity index (χ2v) is 8.99. The average molecular weight is 426 g/mol. The van der Waals surface area contributed by atoms with Crippen LogP contribution < -0.4 is 0 Å². The van der Waals surface area contributed by atoms with E-state index in [1.165, 1.54) is 33.4 Å². The van der Waals surface area contributed by atoms with E-state index in [4.69, 9.17) is 4.74 Å². The molecule has 1 aromatic heterocycles. The molecule has 0 spiro atoms. The van der Waals surface area contributed by atoms with Crippen LogP contribution in [0.5, 0.6) is 0 Å². The number of ether oxygens (including phenoxy) is 1. The number of nitrogens with zero attached hydrogens (tertiary/aromatic N) is 3. The highest BCUT2D eigenvalue weighted by Crippen LogP contribution is 2.45. The summed E-state index contributed by atoms with van der Waals surface area (Å²) in [6.07, 6.45) is 9.01. The van der Waals surface area contributed by atoms with Crippen molar-refractivity contribution >= 4 is 11.7 Å². The van der Waals surface area contributed by atoms with E-state index in [0.29, 0.717) is 6.61 Å². The lowest BCUT2D eigenvalue weighted by molar-refractivity contribution is 0.0866. The molecule has 2 unspecified atom stereocenters. The molecule has 1 saturated heterocycles. The Kier molecular flexibility index (Phi) is 4.63. The average Bonchev–Trinajstić information content (AvgIpc) is 3.51. The Bertz CT molecular complexity index is 1170. The molecule has 3 aromatic rings. The minimum Gasteiger partial charge on any atom is -0.448 e. The Balaban J connectivity index is 1.19. The Labute approximate surface area is 188 Å². The summed E-state index contributed by atoms with van der Waals surface area (Å²) in [4.78, 5) is 15.2. The van der Waals surface area contributed by atoms with E-state index in [9.17, 15) is 4.79 Å². The number of fused-ring (bicyclic) bond motifs is 5. The molecule has 1 amide bonds. The number of carbonyl (C=O) groups excluding carboxylic acids is 1. The monoisotopic (exact) mass is 425 g/mol. The molecule has 2 atom stereocenters. The van der Waals surface area contributed by atoms with Crippen LogP contribution in [0.25, 0.3) is 16.7 Å². The third-order valence-corrected chi connectivity index (χ3v) is 7.27. The van der Waals surface area contributed by atoms with E-state index < -0.39 is 0 Å². The molecule has 3 aliphatic rings. The first-order valence-corrected chi connectivity index (χ1v) is 11.6. The predicted octanol–water partition coefficient (Wildman–Crippen LogP) is 5.47. The van der Waals surface area contributed by atoms with Gasteiger partial charge in [0.1, 0.15) is 6.61 Å². The molecule has 162 valence electrons. The minimum absolute atomic E-state index is 0.0970. The van der Waals surface area contributed by atoms with Gasteiger partial charge >= 0.3 is 6.09 Å². The molecule has 1 fully saturated rings. The molecule has 5 nitrogen and oxygen atoms in total. The highest BCUT2D eigenvalue weighted by Gasteiger charge is 2.41. The fourth-order valence-corrected chi connectivity index (χ4v) is 5.70. The van der Waals surface area contributed by atoms with Crippen LogP contribution in [0.2, 0.25) is 0 Å². The lowest BCUT2D eigenvalue weighted by Gasteiger charge is -2.33. The van der Waals surface area contributed by atoms with Gasteiger partial charge in [-0.25, -0.2) is 4.79 Å². The molecular weight excluding hydrogens is 398 g/mol. The number of hydrogen-bond acceptors (Lipinski definition) is 3. The van der Waals surface area contributed by atoms with Gasteiger partial charge in [0, 0.05) is 30.3 Å². The number of amides is 1. The Morgan fingerprint density at radius 2 is 1.78 bits per heavy atom. The zero-order valence-corrected chi connectivity index (χ0v) is 18.3. The van der Waals surface area contributed by atoms with Gasteiger partial charge < -0.3 is 4.74 Å². The van der Waals surface area contributed by atoms with Crippen LogP contribution in [0.1, 0.15) is 48.8 Å². The van der Waals surface area contributed by atoms with Crippen molar-refractivity contribution < 1.29 is 9.53 Å². The lowest BCUT2D eigenvalue weighted by Crippen LogP contribution is -2.43. The minimum atomic E-state index is -0.182. The molecule has 0 radical (unpaired) electrons. The van der Waals surface area contributed by atoms with Crippen LogP contribution in [0, 0.1) is 0 Å². The van der Waals surface area contributed by atoms with Crippen LogP contribution in [-0.4, -0.2) is 39.5 Å². The molecular formula is C27H27N3O2. The number of hydrogen-bond donors (Lipinski definition) is 0. The van der Waals surface area contributed by atoms with Crippen molar-refractivity contribution in [1.29, 1.82) is 0 Å². The van der Waals surface area contributed by atoms with Crippen LogP contribution in [0.4, 0.5) is 4.79 Å². The summed E-state index contributed by atoms with van der Waals surface area (Å²) in [5.74, 6) is 0.0970. The van der Waals surface area contributed by atoms with Crippen LogP contribution in [0.3, 0.4) is 0 Å². The molecule has 6 rings (SSSR count). The molecule has 3 heterocycles. The standard InChI is InChI=1S/C27H27N3O2/c1-2-29-16-19(15-28-29)18-13-20-11-12-21(14-18)30(20)27(31)32-17-26-24-9-5-3-7-22(24)23-8-4-6-10-25(23)26/h3-10,13,15-16,20-21,26H,2,11-12,14,17H2,1H3. The number of carbonyl (C=O) groups is 1. The van der Waals surface area contributed by atoms with Gasteiger partial charge in [0.05, 0.1) is 12.2 Å². The van der Waals surface area contributed by atoms with E-state index in [0.717, 1.165) is 25.8 Å². The maximum Gasteiger partial charge on any atom is 0.410 e. The van der Waals surface area contributed by atoms with Gasteiger partial charge in [0.25, 0.3) is 0 Å².